The molecule has 1 N–H and O–H groups in total. The first kappa shape index (κ1) is 14.4. The van der Waals surface area contributed by atoms with Gasteiger partial charge in [-0.05, 0) is 31.7 Å². The third kappa shape index (κ3) is 3.03. The molecular formula is C14H23N3O2S. The summed E-state index contributed by atoms with van der Waals surface area (Å²) in [5.41, 5.74) is 1.04. The van der Waals surface area contributed by atoms with Crippen molar-refractivity contribution in [1.29, 1.82) is 0 Å². The fourth-order valence-electron chi connectivity index (χ4n) is 3.33. The van der Waals surface area contributed by atoms with Crippen molar-refractivity contribution < 1.29 is 9.47 Å². The molecule has 2 aliphatic heterocycles. The minimum atomic E-state index is -0.0431. The molecule has 1 spiro atoms. The Hall–Kier alpha value is -0.560. The third-order valence-electron chi connectivity index (χ3n) is 4.38. The summed E-state index contributed by atoms with van der Waals surface area (Å²) in [5, 5.41) is 3.66. The predicted octanol–water partition coefficient (Wildman–Crippen LogP) is 2.16. The summed E-state index contributed by atoms with van der Waals surface area (Å²) in [6.45, 7) is 5.62. The Kier molecular flexibility index (Phi) is 4.65. The van der Waals surface area contributed by atoms with E-state index in [4.69, 9.17) is 9.47 Å². The molecule has 0 aromatic carbocycles. The molecule has 3 heterocycles. The molecule has 0 saturated carbocycles. The Bertz CT molecular complexity index is 407. The van der Waals surface area contributed by atoms with E-state index in [9.17, 15) is 0 Å². The molecule has 0 bridgehead atoms. The normalized spacial score (nSPS) is 31.8. The first-order valence-electron chi connectivity index (χ1n) is 7.55. The molecule has 3 atom stereocenters. The summed E-state index contributed by atoms with van der Waals surface area (Å²) in [6.07, 6.45) is 6.21. The minimum absolute atomic E-state index is 0.0431. The topological polar surface area (TPSA) is 56.3 Å². The van der Waals surface area contributed by atoms with Gasteiger partial charge in [-0.3, -0.25) is 0 Å². The molecule has 3 rings (SSSR count). The number of rotatable bonds is 5. The maximum Gasteiger partial charge on any atom is 0.0940 e. The van der Waals surface area contributed by atoms with Crippen LogP contribution in [0.25, 0.3) is 0 Å². The Labute approximate surface area is 124 Å². The summed E-state index contributed by atoms with van der Waals surface area (Å²) >= 11 is 1.29. The summed E-state index contributed by atoms with van der Waals surface area (Å²) < 4.78 is 20.2. The van der Waals surface area contributed by atoms with E-state index in [0.717, 1.165) is 57.7 Å². The van der Waals surface area contributed by atoms with Gasteiger partial charge in [-0.15, -0.1) is 0 Å². The third-order valence-corrected chi connectivity index (χ3v) is 4.87. The largest absolute Gasteiger partial charge is 0.378 e. The van der Waals surface area contributed by atoms with Gasteiger partial charge in [0.05, 0.1) is 41.9 Å². The van der Waals surface area contributed by atoms with Gasteiger partial charge in [-0.25, -0.2) is 0 Å². The van der Waals surface area contributed by atoms with Crippen LogP contribution in [0.3, 0.4) is 0 Å². The van der Waals surface area contributed by atoms with E-state index in [1.54, 1.807) is 0 Å². The second kappa shape index (κ2) is 6.47. The van der Waals surface area contributed by atoms with Gasteiger partial charge in [-0.2, -0.15) is 8.75 Å². The van der Waals surface area contributed by atoms with Crippen molar-refractivity contribution in [2.75, 3.05) is 26.4 Å². The van der Waals surface area contributed by atoms with Crippen molar-refractivity contribution in [2.45, 2.75) is 44.2 Å². The van der Waals surface area contributed by atoms with Crippen LogP contribution in [-0.4, -0.2) is 40.7 Å². The second-order valence-corrected chi connectivity index (χ2v) is 6.41. The molecule has 0 radical (unpaired) electrons. The van der Waals surface area contributed by atoms with Gasteiger partial charge in [-0.1, -0.05) is 6.92 Å². The van der Waals surface area contributed by atoms with E-state index in [2.05, 4.69) is 21.0 Å². The smallest absolute Gasteiger partial charge is 0.0940 e. The number of aromatic nitrogens is 2. The van der Waals surface area contributed by atoms with Crippen molar-refractivity contribution in [3.8, 4) is 0 Å². The molecule has 1 aromatic heterocycles. The molecule has 2 fully saturated rings. The monoisotopic (exact) mass is 297 g/mol. The maximum atomic E-state index is 6.04. The van der Waals surface area contributed by atoms with Gasteiger partial charge < -0.3 is 14.8 Å². The van der Waals surface area contributed by atoms with Crippen LogP contribution in [-0.2, 0) is 9.47 Å². The summed E-state index contributed by atoms with van der Waals surface area (Å²) in [6, 6.07) is 0.301. The Balaban J connectivity index is 1.72. The van der Waals surface area contributed by atoms with E-state index in [-0.39, 0.29) is 5.60 Å². The van der Waals surface area contributed by atoms with Crippen LogP contribution >= 0.6 is 11.7 Å². The van der Waals surface area contributed by atoms with Crippen LogP contribution in [0.4, 0.5) is 0 Å². The van der Waals surface area contributed by atoms with Gasteiger partial charge in [0.1, 0.15) is 0 Å². The number of ether oxygens (including phenoxy) is 2. The Morgan fingerprint density at radius 3 is 3.20 bits per heavy atom. The molecule has 20 heavy (non-hydrogen) atoms. The van der Waals surface area contributed by atoms with Crippen LogP contribution in [0.5, 0.6) is 0 Å². The second-order valence-electron chi connectivity index (χ2n) is 5.85. The van der Waals surface area contributed by atoms with Gasteiger partial charge in [0.2, 0.25) is 0 Å². The molecule has 6 heteroatoms. The molecule has 5 nitrogen and oxygen atoms in total. The zero-order valence-electron chi connectivity index (χ0n) is 12.0. The van der Waals surface area contributed by atoms with E-state index in [0.29, 0.717) is 12.0 Å². The predicted molar refractivity (Wildman–Crippen MR) is 77.8 cm³/mol. The Morgan fingerprint density at radius 2 is 2.50 bits per heavy atom. The molecule has 1 aromatic rings. The quantitative estimate of drug-likeness (QED) is 0.902. The molecule has 0 amide bonds. The summed E-state index contributed by atoms with van der Waals surface area (Å²) in [5.74, 6) is 0.556. The van der Waals surface area contributed by atoms with E-state index >= 15 is 0 Å². The highest BCUT2D eigenvalue weighted by Crippen LogP contribution is 2.40. The highest BCUT2D eigenvalue weighted by Gasteiger charge is 2.43. The number of hydrogen-bond donors (Lipinski definition) is 1. The lowest BCUT2D eigenvalue weighted by atomic mass is 9.80. The summed E-state index contributed by atoms with van der Waals surface area (Å²) in [4.78, 5) is 0. The van der Waals surface area contributed by atoms with E-state index in [1.165, 1.54) is 11.7 Å². The average Bonchev–Trinajstić information content (AvgIpc) is 3.12. The van der Waals surface area contributed by atoms with Gasteiger partial charge in [0.15, 0.2) is 0 Å². The lowest BCUT2D eigenvalue weighted by molar-refractivity contribution is -0.103. The first-order valence-corrected chi connectivity index (χ1v) is 8.28. The van der Waals surface area contributed by atoms with Crippen molar-refractivity contribution >= 4 is 11.7 Å². The molecule has 0 aliphatic carbocycles. The van der Waals surface area contributed by atoms with Crippen LogP contribution in [0, 0.1) is 5.92 Å². The number of nitrogens with zero attached hydrogens (tertiary/aromatic N) is 2. The van der Waals surface area contributed by atoms with Gasteiger partial charge in [0, 0.05) is 19.6 Å². The molecular weight excluding hydrogens is 274 g/mol. The molecule has 3 unspecified atom stereocenters. The fourth-order valence-corrected chi connectivity index (χ4v) is 3.79. The number of nitrogens with one attached hydrogen (secondary N) is 1. The van der Waals surface area contributed by atoms with Crippen molar-refractivity contribution in [2.24, 2.45) is 5.92 Å². The lowest BCUT2D eigenvalue weighted by Crippen LogP contribution is -2.44. The van der Waals surface area contributed by atoms with Crippen molar-refractivity contribution in [3.05, 3.63) is 11.9 Å². The highest BCUT2D eigenvalue weighted by atomic mass is 32.1. The molecule has 112 valence electrons. The highest BCUT2D eigenvalue weighted by molar-refractivity contribution is 6.99. The lowest BCUT2D eigenvalue weighted by Gasteiger charge is -2.40. The SMILES string of the molecule is CCCNC(c1cnsn1)C1CCOC2(CCOC2)C1. The van der Waals surface area contributed by atoms with Crippen molar-refractivity contribution in [1.82, 2.24) is 14.1 Å². The zero-order chi connectivity index (χ0) is 13.8. The first-order chi connectivity index (χ1) is 9.83. The molecule has 2 saturated heterocycles. The van der Waals surface area contributed by atoms with Crippen LogP contribution in [0.15, 0.2) is 6.20 Å². The van der Waals surface area contributed by atoms with Crippen LogP contribution in [0.2, 0.25) is 0 Å². The van der Waals surface area contributed by atoms with Gasteiger partial charge in [0.25, 0.3) is 0 Å². The van der Waals surface area contributed by atoms with E-state index in [1.807, 2.05) is 6.20 Å². The summed E-state index contributed by atoms with van der Waals surface area (Å²) in [7, 11) is 0. The van der Waals surface area contributed by atoms with E-state index < -0.39 is 0 Å². The van der Waals surface area contributed by atoms with Gasteiger partial charge >= 0.3 is 0 Å². The van der Waals surface area contributed by atoms with Crippen LogP contribution in [0.1, 0.15) is 44.3 Å². The standard InChI is InChI=1S/C14H23N3O2S/c1-2-5-15-13(12-9-16-20-17-12)11-3-6-19-14(8-11)4-7-18-10-14/h9,11,13,15H,2-8,10H2,1H3. The fraction of sp³-hybridized carbons (Fsp3) is 0.857. The van der Waals surface area contributed by atoms with Crippen molar-refractivity contribution in [3.63, 3.8) is 0 Å². The zero-order valence-corrected chi connectivity index (χ0v) is 12.8. The minimum Gasteiger partial charge on any atom is -0.378 e. The number of hydrogen-bond acceptors (Lipinski definition) is 6. The average molecular weight is 297 g/mol. The van der Waals surface area contributed by atoms with Crippen LogP contribution < -0.4 is 5.32 Å². The Morgan fingerprint density at radius 1 is 1.55 bits per heavy atom. The maximum absolute atomic E-state index is 6.04. The molecule has 2 aliphatic rings.